The summed E-state index contributed by atoms with van der Waals surface area (Å²) >= 11 is 6.00. The van der Waals surface area contributed by atoms with Gasteiger partial charge in [-0.2, -0.15) is 0 Å². The van der Waals surface area contributed by atoms with Crippen LogP contribution in [0.4, 0.5) is 0 Å². The summed E-state index contributed by atoms with van der Waals surface area (Å²) in [5.74, 6) is 0.252. The van der Waals surface area contributed by atoms with Crippen molar-refractivity contribution < 1.29 is 10.9 Å². The van der Waals surface area contributed by atoms with Crippen LogP contribution in [0.25, 0.3) is 21.8 Å². The average molecular weight is 733 g/mol. The molecule has 2 heterocycles. The van der Waals surface area contributed by atoms with E-state index in [1.165, 1.54) is 33.2 Å². The summed E-state index contributed by atoms with van der Waals surface area (Å²) < 4.78 is 0. The molecule has 2 bridgehead atoms. The van der Waals surface area contributed by atoms with Gasteiger partial charge < -0.3 is 0 Å². The first-order valence-corrected chi connectivity index (χ1v) is 18.9. The Labute approximate surface area is 270 Å². The third-order valence-corrected chi connectivity index (χ3v) is 8.36. The molecule has 4 nitrogen and oxygen atoms in total. The van der Waals surface area contributed by atoms with Gasteiger partial charge in [-0.15, -0.1) is 0 Å². The SMILES string of the molecule is C(=N[C@@H]1C2c3ccccc3C(c3ccccc32)[C@H]1N=Cc1ccc2ccccc2n1)c1ccc2ccccc2n1.[Br][Ni][Br]. The molecule has 3 aliphatic rings. The summed E-state index contributed by atoms with van der Waals surface area (Å²) in [6, 6.07) is 42.3. The van der Waals surface area contributed by atoms with Crippen LogP contribution < -0.4 is 0 Å². The van der Waals surface area contributed by atoms with E-state index in [1.54, 1.807) is 0 Å². The molecule has 3 aliphatic carbocycles. The Morgan fingerprint density at radius 3 is 1.23 bits per heavy atom. The number of halogens is 2. The van der Waals surface area contributed by atoms with Crippen LogP contribution in [0.5, 0.6) is 0 Å². The standard InChI is InChI=1S/C36H26N4.2BrH.Ni/c1-7-15-31-23(9-1)17-19-25(39-31)21-37-35-33-27-11-3-5-13-29(27)34(30-14-6-4-12-28(30)33)36(35)38-22-26-20-18-24-10-2-8-16-32(24)40-26;;;/h1-22,33-36H;2*1H;/q;;;+2/p-2/t33?,34?,35-,36-;;;/m1.../s1. The second-order valence-corrected chi connectivity index (χ2v) is 15.6. The van der Waals surface area contributed by atoms with Gasteiger partial charge in [0.05, 0.1) is 34.5 Å². The third kappa shape index (κ3) is 5.51. The van der Waals surface area contributed by atoms with Crippen molar-refractivity contribution in [3.63, 3.8) is 0 Å². The second kappa shape index (κ2) is 12.6. The van der Waals surface area contributed by atoms with Gasteiger partial charge in [0.1, 0.15) is 0 Å². The molecule has 0 fully saturated rings. The third-order valence-electron chi connectivity index (χ3n) is 8.36. The Bertz CT molecular complexity index is 1800. The van der Waals surface area contributed by atoms with E-state index in [9.17, 15) is 0 Å². The first-order chi connectivity index (χ1) is 21.2. The van der Waals surface area contributed by atoms with Gasteiger partial charge in [-0.1, -0.05) is 97.1 Å². The molecule has 6 aromatic rings. The van der Waals surface area contributed by atoms with Crippen molar-refractivity contribution in [3.05, 3.63) is 155 Å². The van der Waals surface area contributed by atoms with Crippen molar-refractivity contribution in [3.8, 4) is 0 Å². The molecule has 0 N–H and O–H groups in total. The molecule has 43 heavy (non-hydrogen) atoms. The molecule has 0 amide bonds. The van der Waals surface area contributed by atoms with Gasteiger partial charge in [0.2, 0.25) is 0 Å². The zero-order chi connectivity index (χ0) is 29.2. The predicted octanol–water partition coefficient (Wildman–Crippen LogP) is 9.04. The van der Waals surface area contributed by atoms with Crippen molar-refractivity contribution in [2.45, 2.75) is 23.9 Å². The molecule has 2 atom stereocenters. The molecule has 4 aromatic carbocycles. The number of hydrogen-bond donors (Lipinski definition) is 0. The van der Waals surface area contributed by atoms with Crippen LogP contribution in [0.2, 0.25) is 0 Å². The van der Waals surface area contributed by atoms with E-state index in [4.69, 9.17) is 20.0 Å². The topological polar surface area (TPSA) is 50.5 Å². The average Bonchev–Trinajstić information content (AvgIpc) is 3.06. The number of rotatable bonds is 4. The number of pyridine rings is 2. The van der Waals surface area contributed by atoms with Crippen LogP contribution in [0.15, 0.2) is 131 Å². The first kappa shape index (κ1) is 28.3. The zero-order valence-corrected chi connectivity index (χ0v) is 27.0. The summed E-state index contributed by atoms with van der Waals surface area (Å²) in [7, 11) is 1.25. The zero-order valence-electron chi connectivity index (χ0n) is 22.9. The monoisotopic (exact) mass is 730 g/mol. The van der Waals surface area contributed by atoms with Gasteiger partial charge in [-0.05, 0) is 46.5 Å². The van der Waals surface area contributed by atoms with Gasteiger partial charge in [-0.25, -0.2) is 9.97 Å². The van der Waals surface area contributed by atoms with Gasteiger partial charge >= 0.3 is 39.3 Å². The van der Waals surface area contributed by atoms with Gasteiger partial charge in [-0.3, -0.25) is 9.98 Å². The summed E-state index contributed by atoms with van der Waals surface area (Å²) in [6.45, 7) is 0. The van der Waals surface area contributed by atoms with Gasteiger partial charge in [0.25, 0.3) is 0 Å². The van der Waals surface area contributed by atoms with E-state index in [0.717, 1.165) is 33.2 Å². The number of nitrogens with zero attached hydrogens (tertiary/aromatic N) is 4. The van der Waals surface area contributed by atoms with Crippen molar-refractivity contribution >= 4 is 62.7 Å². The molecule has 7 heteroatoms. The number of aromatic nitrogens is 2. The minimum absolute atomic E-state index is 0.0558. The van der Waals surface area contributed by atoms with Crippen molar-refractivity contribution in [2.75, 3.05) is 0 Å². The summed E-state index contributed by atoms with van der Waals surface area (Å²) in [6.07, 6.45) is 3.89. The number of fused-ring (bicyclic) bond motifs is 3. The predicted molar refractivity (Wildman–Crippen MR) is 181 cm³/mol. The Hall–Kier alpha value is -3.51. The van der Waals surface area contributed by atoms with E-state index in [1.807, 2.05) is 61.0 Å². The molecule has 0 saturated heterocycles. The summed E-state index contributed by atoms with van der Waals surface area (Å²) in [5.41, 5.74) is 9.10. The van der Waals surface area contributed by atoms with Gasteiger partial charge in [0, 0.05) is 35.0 Å². The van der Waals surface area contributed by atoms with Crippen LogP contribution in [-0.2, 0) is 10.9 Å². The van der Waals surface area contributed by atoms with Crippen molar-refractivity contribution in [2.24, 2.45) is 9.98 Å². The molecular formula is C36H26Br2N4Ni. The second-order valence-electron chi connectivity index (χ2n) is 10.7. The molecule has 0 saturated carbocycles. The van der Waals surface area contributed by atoms with E-state index >= 15 is 0 Å². The van der Waals surface area contributed by atoms with Crippen LogP contribution in [0.3, 0.4) is 0 Å². The maximum absolute atomic E-state index is 5.26. The fraction of sp³-hybridized carbons (Fsp3) is 0.111. The molecule has 0 unspecified atom stereocenters. The molecular weight excluding hydrogens is 707 g/mol. The number of para-hydroxylation sites is 2. The fourth-order valence-electron chi connectivity index (χ4n) is 6.60. The Balaban J connectivity index is 0.000000963. The number of benzene rings is 4. The Kier molecular flexibility index (Phi) is 8.30. The maximum atomic E-state index is 5.26. The van der Waals surface area contributed by atoms with E-state index in [0.29, 0.717) is 0 Å². The molecule has 2 aromatic heterocycles. The van der Waals surface area contributed by atoms with E-state index < -0.39 is 0 Å². The van der Waals surface area contributed by atoms with Crippen molar-refractivity contribution in [1.82, 2.24) is 9.97 Å². The van der Waals surface area contributed by atoms with Crippen LogP contribution in [0.1, 0.15) is 45.5 Å². The number of hydrogen-bond acceptors (Lipinski definition) is 4. The first-order valence-electron chi connectivity index (χ1n) is 14.0. The normalized spacial score (nSPS) is 20.3. The molecule has 0 spiro atoms. The van der Waals surface area contributed by atoms with Gasteiger partial charge in [0.15, 0.2) is 0 Å². The van der Waals surface area contributed by atoms with E-state index in [2.05, 4.69) is 101 Å². The Morgan fingerprint density at radius 2 is 0.837 bits per heavy atom. The van der Waals surface area contributed by atoms with Crippen molar-refractivity contribution in [1.29, 1.82) is 0 Å². The molecule has 0 radical (unpaired) electrons. The van der Waals surface area contributed by atoms with Crippen LogP contribution in [0, 0.1) is 0 Å². The van der Waals surface area contributed by atoms with Crippen LogP contribution >= 0.6 is 28.5 Å². The van der Waals surface area contributed by atoms with Crippen LogP contribution in [-0.4, -0.2) is 34.5 Å². The molecule has 214 valence electrons. The number of aliphatic imine (C=N–C) groups is 2. The minimum atomic E-state index is -0.0558. The quantitative estimate of drug-likeness (QED) is 0.134. The molecule has 0 aliphatic heterocycles. The molecule has 9 rings (SSSR count). The summed E-state index contributed by atoms with van der Waals surface area (Å²) in [4.78, 5) is 20.2. The Morgan fingerprint density at radius 1 is 0.488 bits per heavy atom. The summed E-state index contributed by atoms with van der Waals surface area (Å²) in [5, 5.41) is 2.26. The van der Waals surface area contributed by atoms with E-state index in [-0.39, 0.29) is 23.9 Å². The fourth-order valence-corrected chi connectivity index (χ4v) is 6.60.